The predicted octanol–water partition coefficient (Wildman–Crippen LogP) is 1.13. The summed E-state index contributed by atoms with van der Waals surface area (Å²) in [5.74, 6) is 1.98. The first-order chi connectivity index (χ1) is 4.68. The van der Waals surface area contributed by atoms with Crippen LogP contribution in [0.25, 0.3) is 0 Å². The van der Waals surface area contributed by atoms with Crippen LogP contribution in [0, 0.1) is 12.3 Å². The van der Waals surface area contributed by atoms with Gasteiger partial charge in [-0.15, -0.1) is 12.3 Å². The zero-order valence-electron chi connectivity index (χ0n) is 6.02. The highest BCUT2D eigenvalue weighted by atomic mass is 16.5. The highest BCUT2D eigenvalue weighted by Crippen LogP contribution is 1.91. The average molecular weight is 138 g/mol. The molecule has 0 unspecified atom stereocenters. The maximum atomic E-state index is 10.6. The van der Waals surface area contributed by atoms with Gasteiger partial charge >= 0.3 is 5.97 Å². The van der Waals surface area contributed by atoms with E-state index in [9.17, 15) is 4.79 Å². The Morgan fingerprint density at radius 3 is 2.80 bits per heavy atom. The number of esters is 1. The van der Waals surface area contributed by atoms with E-state index in [1.54, 1.807) is 6.92 Å². The maximum absolute atomic E-state index is 10.6. The lowest BCUT2D eigenvalue weighted by molar-refractivity contribution is -0.138. The third kappa shape index (κ3) is 3.73. The molecule has 0 radical (unpaired) electrons. The summed E-state index contributed by atoms with van der Waals surface area (Å²) in [4.78, 5) is 10.6. The molecule has 54 valence electrons. The summed E-state index contributed by atoms with van der Waals surface area (Å²) in [5.41, 5.74) is 0.400. The van der Waals surface area contributed by atoms with Crippen LogP contribution in [0.5, 0.6) is 0 Å². The molecule has 0 aromatic carbocycles. The Morgan fingerprint density at radius 1 is 1.80 bits per heavy atom. The molecule has 0 saturated heterocycles. The van der Waals surface area contributed by atoms with Gasteiger partial charge in [0.05, 0.1) is 0 Å². The van der Waals surface area contributed by atoms with Crippen LogP contribution in [0.1, 0.15) is 13.3 Å². The highest BCUT2D eigenvalue weighted by Gasteiger charge is 1.99. The first-order valence-electron chi connectivity index (χ1n) is 2.94. The van der Waals surface area contributed by atoms with Gasteiger partial charge < -0.3 is 4.74 Å². The molecule has 0 fully saturated rings. The van der Waals surface area contributed by atoms with Gasteiger partial charge in [0.15, 0.2) is 0 Å². The van der Waals surface area contributed by atoms with Gasteiger partial charge in [-0.2, -0.15) is 0 Å². The van der Waals surface area contributed by atoms with E-state index in [0.717, 1.165) is 0 Å². The van der Waals surface area contributed by atoms with Crippen molar-refractivity contribution in [2.75, 3.05) is 6.61 Å². The van der Waals surface area contributed by atoms with Gasteiger partial charge in [-0.1, -0.05) is 6.58 Å². The van der Waals surface area contributed by atoms with Crippen molar-refractivity contribution in [2.24, 2.45) is 0 Å². The van der Waals surface area contributed by atoms with Crippen molar-refractivity contribution in [2.45, 2.75) is 13.3 Å². The number of ether oxygens (including phenoxy) is 1. The molecule has 10 heavy (non-hydrogen) atoms. The number of carbonyl (C=O) groups excluding carboxylic acids is 1. The molecule has 2 heteroatoms. The molecule has 0 amide bonds. The fourth-order valence-electron chi connectivity index (χ4n) is 0.326. The normalized spacial score (nSPS) is 8.00. The van der Waals surface area contributed by atoms with E-state index >= 15 is 0 Å². The van der Waals surface area contributed by atoms with Crippen LogP contribution in [-0.4, -0.2) is 12.6 Å². The maximum Gasteiger partial charge on any atom is 0.333 e. The molecule has 2 nitrogen and oxygen atoms in total. The SMILES string of the molecule is C#CCCOC(=O)C(=C)C. The molecule has 0 aliphatic rings. The fourth-order valence-corrected chi connectivity index (χ4v) is 0.326. The van der Waals surface area contributed by atoms with E-state index in [4.69, 9.17) is 6.42 Å². The first kappa shape index (κ1) is 8.77. The van der Waals surface area contributed by atoms with Crippen molar-refractivity contribution in [1.29, 1.82) is 0 Å². The minimum atomic E-state index is -0.379. The van der Waals surface area contributed by atoms with Crippen molar-refractivity contribution >= 4 is 5.97 Å². The second-order valence-electron chi connectivity index (χ2n) is 1.87. The standard InChI is InChI=1S/C8H10O2/c1-4-5-6-10-8(9)7(2)3/h1H,2,5-6H2,3H3. The number of hydrogen-bond acceptors (Lipinski definition) is 2. The summed E-state index contributed by atoms with van der Waals surface area (Å²) < 4.78 is 4.66. The Kier molecular flexibility index (Phi) is 4.06. The first-order valence-corrected chi connectivity index (χ1v) is 2.94. The molecule has 0 rings (SSSR count). The van der Waals surface area contributed by atoms with E-state index in [2.05, 4.69) is 17.2 Å². The Labute approximate surface area is 60.9 Å². The molecule has 0 heterocycles. The van der Waals surface area contributed by atoms with Crippen LogP contribution >= 0.6 is 0 Å². The predicted molar refractivity (Wildman–Crippen MR) is 39.2 cm³/mol. The zero-order valence-corrected chi connectivity index (χ0v) is 6.02. The quantitative estimate of drug-likeness (QED) is 0.253. The third-order valence-corrected chi connectivity index (χ3v) is 0.828. The van der Waals surface area contributed by atoms with Crippen LogP contribution < -0.4 is 0 Å². The second kappa shape index (κ2) is 4.63. The van der Waals surface area contributed by atoms with Crippen LogP contribution in [0.4, 0.5) is 0 Å². The van der Waals surface area contributed by atoms with Crippen LogP contribution in [-0.2, 0) is 9.53 Å². The molecule has 0 spiro atoms. The number of terminal acetylenes is 1. The summed E-state index contributed by atoms with van der Waals surface area (Å²) in [6.45, 7) is 5.28. The molecule has 0 bridgehead atoms. The minimum Gasteiger partial charge on any atom is -0.461 e. The van der Waals surface area contributed by atoms with Gasteiger partial charge in [0.25, 0.3) is 0 Å². The van der Waals surface area contributed by atoms with Crippen LogP contribution in [0.3, 0.4) is 0 Å². The summed E-state index contributed by atoms with van der Waals surface area (Å²) in [7, 11) is 0. The molecule has 0 aliphatic heterocycles. The van der Waals surface area contributed by atoms with Gasteiger partial charge in [-0.3, -0.25) is 0 Å². The van der Waals surface area contributed by atoms with E-state index in [1.165, 1.54) is 0 Å². The molecule has 0 aliphatic carbocycles. The number of hydrogen-bond donors (Lipinski definition) is 0. The Balaban J connectivity index is 3.43. The van der Waals surface area contributed by atoms with Gasteiger partial charge in [0.1, 0.15) is 6.61 Å². The topological polar surface area (TPSA) is 26.3 Å². The Hall–Kier alpha value is -1.23. The summed E-state index contributed by atoms with van der Waals surface area (Å²) >= 11 is 0. The lowest BCUT2D eigenvalue weighted by Gasteiger charge is -1.99. The monoisotopic (exact) mass is 138 g/mol. The Bertz CT molecular complexity index is 174. The van der Waals surface area contributed by atoms with Crippen molar-refractivity contribution in [3.8, 4) is 12.3 Å². The van der Waals surface area contributed by atoms with Crippen molar-refractivity contribution in [3.63, 3.8) is 0 Å². The van der Waals surface area contributed by atoms with Gasteiger partial charge in [0, 0.05) is 12.0 Å². The average Bonchev–Trinajstić information content (AvgIpc) is 1.88. The minimum absolute atomic E-state index is 0.280. The smallest absolute Gasteiger partial charge is 0.333 e. The fraction of sp³-hybridized carbons (Fsp3) is 0.375. The lowest BCUT2D eigenvalue weighted by atomic mass is 10.4. The van der Waals surface area contributed by atoms with Crippen LogP contribution in [0.15, 0.2) is 12.2 Å². The van der Waals surface area contributed by atoms with E-state index in [0.29, 0.717) is 12.0 Å². The van der Waals surface area contributed by atoms with Gasteiger partial charge in [-0.05, 0) is 6.92 Å². The van der Waals surface area contributed by atoms with Crippen molar-refractivity contribution in [3.05, 3.63) is 12.2 Å². The number of carbonyl (C=O) groups is 1. The molecular formula is C8H10O2. The molecule has 0 saturated carbocycles. The third-order valence-electron chi connectivity index (χ3n) is 0.828. The van der Waals surface area contributed by atoms with Crippen LogP contribution in [0.2, 0.25) is 0 Å². The van der Waals surface area contributed by atoms with E-state index < -0.39 is 0 Å². The van der Waals surface area contributed by atoms with Gasteiger partial charge in [-0.25, -0.2) is 4.79 Å². The summed E-state index contributed by atoms with van der Waals surface area (Å²) in [6.07, 6.45) is 5.38. The molecule has 0 aromatic rings. The Morgan fingerprint density at radius 2 is 2.40 bits per heavy atom. The highest BCUT2D eigenvalue weighted by molar-refractivity contribution is 5.86. The lowest BCUT2D eigenvalue weighted by Crippen LogP contribution is -2.05. The molecular weight excluding hydrogens is 128 g/mol. The summed E-state index contributed by atoms with van der Waals surface area (Å²) in [6, 6.07) is 0. The molecule has 0 aromatic heterocycles. The summed E-state index contributed by atoms with van der Waals surface area (Å²) in [5, 5.41) is 0. The van der Waals surface area contributed by atoms with Gasteiger partial charge in [0.2, 0.25) is 0 Å². The van der Waals surface area contributed by atoms with Crippen molar-refractivity contribution < 1.29 is 9.53 Å². The zero-order chi connectivity index (χ0) is 7.98. The molecule has 0 atom stereocenters. The van der Waals surface area contributed by atoms with E-state index in [1.807, 2.05) is 0 Å². The van der Waals surface area contributed by atoms with E-state index in [-0.39, 0.29) is 12.6 Å². The molecule has 0 N–H and O–H groups in total. The number of rotatable bonds is 3. The largest absolute Gasteiger partial charge is 0.461 e. The van der Waals surface area contributed by atoms with Crippen molar-refractivity contribution in [1.82, 2.24) is 0 Å². The second-order valence-corrected chi connectivity index (χ2v) is 1.87.